The van der Waals surface area contributed by atoms with Crippen LogP contribution in [-0.4, -0.2) is 46.8 Å². The summed E-state index contributed by atoms with van der Waals surface area (Å²) in [6.45, 7) is 3.25. The Labute approximate surface area is 150 Å². The van der Waals surface area contributed by atoms with Crippen LogP contribution in [0, 0.1) is 11.3 Å². The number of carbonyl (C=O) groups is 1. The van der Waals surface area contributed by atoms with Gasteiger partial charge in [-0.1, -0.05) is 27.5 Å². The van der Waals surface area contributed by atoms with E-state index in [0.29, 0.717) is 15.8 Å². The number of nitrogens with zero attached hydrogens (tertiary/aromatic N) is 3. The number of halogens is 2. The average Bonchev–Trinajstić information content (AvgIpc) is 3.13. The first kappa shape index (κ1) is 15.7. The van der Waals surface area contributed by atoms with Crippen molar-refractivity contribution in [3.63, 3.8) is 0 Å². The van der Waals surface area contributed by atoms with Crippen LogP contribution in [0.5, 0.6) is 0 Å². The van der Waals surface area contributed by atoms with Crippen molar-refractivity contribution in [2.75, 3.05) is 31.1 Å². The molecule has 0 N–H and O–H groups in total. The fourth-order valence-corrected chi connectivity index (χ4v) is 5.77. The van der Waals surface area contributed by atoms with Crippen LogP contribution in [0.15, 0.2) is 18.3 Å². The van der Waals surface area contributed by atoms with Gasteiger partial charge in [0.25, 0.3) is 0 Å². The van der Waals surface area contributed by atoms with Gasteiger partial charge in [0.15, 0.2) is 0 Å². The molecule has 1 aromatic heterocycles. The molecule has 2 heterocycles. The highest BCUT2D eigenvalue weighted by molar-refractivity contribution is 9.09. The minimum atomic E-state index is -0.120. The molecule has 1 aromatic rings. The molecule has 3 fully saturated rings. The lowest BCUT2D eigenvalue weighted by Gasteiger charge is -2.41. The number of carbonyl (C=O) groups excluding carboxylic acids is 1. The first-order valence-electron chi connectivity index (χ1n) is 8.38. The molecule has 3 atom stereocenters. The Balaban J connectivity index is 1.41. The average molecular weight is 399 g/mol. The standard InChI is InChI=1S/C17H21BrClN3O/c18-14-9-12-3-4-17(14,10-12)16(23)22-7-5-21(6-8-22)15-2-1-13(19)11-20-15/h1-2,11-12,14H,3-10H2/t12-,14-,17+/m0/s1. The van der Waals surface area contributed by atoms with Crippen LogP contribution in [0.2, 0.25) is 5.02 Å². The zero-order chi connectivity index (χ0) is 16.0. The Morgan fingerprint density at radius 2 is 2.09 bits per heavy atom. The second kappa shape index (κ2) is 5.92. The molecule has 3 aliphatic rings. The summed E-state index contributed by atoms with van der Waals surface area (Å²) in [4.78, 5) is 22.2. The van der Waals surface area contributed by atoms with Gasteiger partial charge in [-0.15, -0.1) is 0 Å². The molecular weight excluding hydrogens is 378 g/mol. The third-order valence-corrected chi connectivity index (χ3v) is 7.29. The van der Waals surface area contributed by atoms with Crippen molar-refractivity contribution in [3.8, 4) is 0 Å². The minimum Gasteiger partial charge on any atom is -0.353 e. The van der Waals surface area contributed by atoms with Crippen molar-refractivity contribution in [3.05, 3.63) is 23.4 Å². The molecule has 1 saturated heterocycles. The van der Waals surface area contributed by atoms with Gasteiger partial charge >= 0.3 is 0 Å². The summed E-state index contributed by atoms with van der Waals surface area (Å²) in [5.74, 6) is 2.07. The Bertz CT molecular complexity index is 602. The van der Waals surface area contributed by atoms with Crippen LogP contribution in [0.1, 0.15) is 25.7 Å². The quantitative estimate of drug-likeness (QED) is 0.717. The summed E-state index contributed by atoms with van der Waals surface area (Å²) in [6.07, 6.45) is 6.22. The van der Waals surface area contributed by atoms with E-state index in [2.05, 4.69) is 30.7 Å². The van der Waals surface area contributed by atoms with Gasteiger partial charge < -0.3 is 9.80 Å². The zero-order valence-corrected chi connectivity index (χ0v) is 15.4. The number of piperazine rings is 1. The van der Waals surface area contributed by atoms with Crippen LogP contribution in [-0.2, 0) is 4.79 Å². The minimum absolute atomic E-state index is 0.120. The molecule has 2 saturated carbocycles. The molecule has 23 heavy (non-hydrogen) atoms. The number of hydrogen-bond donors (Lipinski definition) is 0. The number of fused-ring (bicyclic) bond motifs is 2. The Morgan fingerprint density at radius 3 is 2.65 bits per heavy atom. The van der Waals surface area contributed by atoms with Crippen molar-refractivity contribution in [1.29, 1.82) is 0 Å². The molecule has 0 aromatic carbocycles. The second-order valence-corrected chi connectivity index (χ2v) is 8.62. The topological polar surface area (TPSA) is 36.4 Å². The van der Waals surface area contributed by atoms with Crippen molar-refractivity contribution in [2.24, 2.45) is 11.3 Å². The maximum atomic E-state index is 13.1. The van der Waals surface area contributed by atoms with Crippen LogP contribution in [0.25, 0.3) is 0 Å². The van der Waals surface area contributed by atoms with E-state index < -0.39 is 0 Å². The Kier molecular flexibility index (Phi) is 4.04. The SMILES string of the molecule is O=C(N1CCN(c2ccc(Cl)cn2)CC1)[C@@]12CC[C@@H](C[C@@H]1Br)C2. The maximum absolute atomic E-state index is 13.1. The summed E-state index contributed by atoms with van der Waals surface area (Å²) in [6, 6.07) is 3.82. The third-order valence-electron chi connectivity index (χ3n) is 5.82. The zero-order valence-electron chi connectivity index (χ0n) is 13.0. The van der Waals surface area contributed by atoms with E-state index in [4.69, 9.17) is 11.6 Å². The maximum Gasteiger partial charge on any atom is 0.230 e. The monoisotopic (exact) mass is 397 g/mol. The van der Waals surface area contributed by atoms with E-state index in [9.17, 15) is 4.79 Å². The lowest BCUT2D eigenvalue weighted by atomic mass is 9.82. The van der Waals surface area contributed by atoms with Crippen LogP contribution >= 0.6 is 27.5 Å². The number of anilines is 1. The molecule has 4 nitrogen and oxygen atoms in total. The van der Waals surface area contributed by atoms with E-state index in [0.717, 1.165) is 50.8 Å². The van der Waals surface area contributed by atoms with Gasteiger partial charge in [-0.05, 0) is 43.7 Å². The molecule has 2 bridgehead atoms. The van der Waals surface area contributed by atoms with Crippen molar-refractivity contribution < 1.29 is 4.79 Å². The van der Waals surface area contributed by atoms with Crippen LogP contribution in [0.4, 0.5) is 5.82 Å². The highest BCUT2D eigenvalue weighted by Crippen LogP contribution is 2.57. The smallest absolute Gasteiger partial charge is 0.230 e. The first-order valence-corrected chi connectivity index (χ1v) is 9.68. The second-order valence-electron chi connectivity index (χ2n) is 7.08. The van der Waals surface area contributed by atoms with E-state index in [-0.39, 0.29) is 5.41 Å². The predicted octanol–water partition coefficient (Wildman–Crippen LogP) is 3.34. The molecule has 1 amide bonds. The lowest BCUT2D eigenvalue weighted by Crippen LogP contribution is -2.54. The van der Waals surface area contributed by atoms with E-state index in [1.165, 1.54) is 12.8 Å². The highest BCUT2D eigenvalue weighted by Gasteiger charge is 2.57. The molecule has 6 heteroatoms. The van der Waals surface area contributed by atoms with Gasteiger partial charge in [0.05, 0.1) is 10.4 Å². The fourth-order valence-electron chi connectivity index (χ4n) is 4.52. The number of alkyl halides is 1. The molecule has 4 rings (SSSR count). The largest absolute Gasteiger partial charge is 0.353 e. The van der Waals surface area contributed by atoms with Gasteiger partial charge in [0.1, 0.15) is 5.82 Å². The fraction of sp³-hybridized carbons (Fsp3) is 0.647. The van der Waals surface area contributed by atoms with E-state index in [1.54, 1.807) is 6.20 Å². The van der Waals surface area contributed by atoms with Gasteiger partial charge in [0.2, 0.25) is 5.91 Å². The highest BCUT2D eigenvalue weighted by atomic mass is 79.9. The molecule has 0 unspecified atom stereocenters. The van der Waals surface area contributed by atoms with Crippen molar-refractivity contribution >= 4 is 39.3 Å². The Morgan fingerprint density at radius 1 is 1.30 bits per heavy atom. The van der Waals surface area contributed by atoms with Crippen LogP contribution < -0.4 is 4.90 Å². The van der Waals surface area contributed by atoms with Crippen molar-refractivity contribution in [2.45, 2.75) is 30.5 Å². The van der Waals surface area contributed by atoms with E-state index >= 15 is 0 Å². The number of hydrogen-bond acceptors (Lipinski definition) is 3. The lowest BCUT2D eigenvalue weighted by molar-refractivity contribution is -0.141. The number of pyridine rings is 1. The molecule has 0 radical (unpaired) electrons. The summed E-state index contributed by atoms with van der Waals surface area (Å²) in [5.41, 5.74) is -0.120. The summed E-state index contributed by atoms with van der Waals surface area (Å²) in [7, 11) is 0. The van der Waals surface area contributed by atoms with Crippen molar-refractivity contribution in [1.82, 2.24) is 9.88 Å². The Hall–Kier alpha value is -0.810. The van der Waals surface area contributed by atoms with E-state index in [1.807, 2.05) is 12.1 Å². The van der Waals surface area contributed by atoms with Gasteiger partial charge in [-0.3, -0.25) is 4.79 Å². The molecule has 0 spiro atoms. The summed E-state index contributed by atoms with van der Waals surface area (Å²) >= 11 is 9.69. The third kappa shape index (κ3) is 2.66. The van der Waals surface area contributed by atoms with Gasteiger partial charge in [-0.25, -0.2) is 4.98 Å². The summed E-state index contributed by atoms with van der Waals surface area (Å²) < 4.78 is 0. The first-order chi connectivity index (χ1) is 11.1. The number of rotatable bonds is 2. The van der Waals surface area contributed by atoms with Gasteiger partial charge in [0, 0.05) is 37.2 Å². The molecule has 2 aliphatic carbocycles. The predicted molar refractivity (Wildman–Crippen MR) is 95.1 cm³/mol. The number of amides is 1. The summed E-state index contributed by atoms with van der Waals surface area (Å²) in [5, 5.41) is 0.655. The van der Waals surface area contributed by atoms with Gasteiger partial charge in [-0.2, -0.15) is 0 Å². The van der Waals surface area contributed by atoms with Crippen LogP contribution in [0.3, 0.4) is 0 Å². The molecule has 1 aliphatic heterocycles. The number of aromatic nitrogens is 1. The molecule has 124 valence electrons. The normalized spacial score (nSPS) is 33.3. The molecular formula is C17H21BrClN3O.